The third-order valence-corrected chi connectivity index (χ3v) is 11.6. The summed E-state index contributed by atoms with van der Waals surface area (Å²) in [5.41, 5.74) is -16.8. The predicted molar refractivity (Wildman–Crippen MR) is 146 cm³/mol. The molecular formula is C21H23F16Li2N3O4S2Si2. The summed E-state index contributed by atoms with van der Waals surface area (Å²) in [6.45, 7) is 13.8. The third kappa shape index (κ3) is 14.8. The Bertz CT molecular complexity index is 1520. The van der Waals surface area contributed by atoms with Crippen molar-refractivity contribution < 1.29 is 125 Å². The van der Waals surface area contributed by atoms with Crippen molar-refractivity contribution in [1.82, 2.24) is 0 Å². The third-order valence-electron chi connectivity index (χ3n) is 4.11. The van der Waals surface area contributed by atoms with Crippen molar-refractivity contribution in [2.24, 2.45) is 0 Å². The van der Waals surface area contributed by atoms with E-state index >= 15 is 0 Å². The van der Waals surface area contributed by atoms with Crippen molar-refractivity contribution in [2.45, 2.75) is 57.7 Å². The van der Waals surface area contributed by atoms with Gasteiger partial charge in [0.1, 0.15) is 5.69 Å². The molecule has 7 nitrogen and oxygen atoms in total. The van der Waals surface area contributed by atoms with E-state index in [1.807, 2.05) is 0 Å². The number of rotatable bonds is 6. The van der Waals surface area contributed by atoms with Gasteiger partial charge in [0, 0.05) is 0 Å². The Kier molecular flexibility index (Phi) is 20.9. The minimum absolute atomic E-state index is 0. The van der Waals surface area contributed by atoms with Crippen molar-refractivity contribution in [3.8, 4) is 0 Å². The first-order chi connectivity index (χ1) is 20.5. The molecule has 0 radical (unpaired) electrons. The normalized spacial score (nSPS) is 12.1. The zero-order valence-electron chi connectivity index (χ0n) is 25.9. The molecule has 50 heavy (non-hydrogen) atoms. The van der Waals surface area contributed by atoms with E-state index in [4.69, 9.17) is 4.65 Å². The van der Waals surface area contributed by atoms with Crippen molar-refractivity contribution in [2.75, 3.05) is 4.72 Å². The summed E-state index contributed by atoms with van der Waals surface area (Å²) in [5.74, 6) is -26.7. The first-order valence-electron chi connectivity index (χ1n) is 11.4. The average Bonchev–Trinajstić information content (AvgIpc) is 2.86. The van der Waals surface area contributed by atoms with Crippen LogP contribution in [0, 0.1) is 58.2 Å². The fraction of sp³-hybridized carbons (Fsp3) is 0.429. The van der Waals surface area contributed by atoms with E-state index < -0.39 is 117 Å². The second-order valence-corrected chi connectivity index (χ2v) is 23.2. The minimum atomic E-state index is -6.45. The van der Waals surface area contributed by atoms with Gasteiger partial charge < -0.3 is 9.37 Å². The van der Waals surface area contributed by atoms with E-state index in [0.717, 1.165) is 0 Å². The van der Waals surface area contributed by atoms with Crippen LogP contribution in [-0.4, -0.2) is 44.3 Å². The van der Waals surface area contributed by atoms with Gasteiger partial charge in [-0.1, -0.05) is 63.2 Å². The molecule has 2 rings (SSSR count). The van der Waals surface area contributed by atoms with Crippen molar-refractivity contribution in [3.63, 3.8) is 0 Å². The Morgan fingerprint density at radius 1 is 0.500 bits per heavy atom. The maximum atomic E-state index is 12.9. The maximum Gasteiger partial charge on any atom is 1.00 e. The molecule has 0 saturated heterocycles. The van der Waals surface area contributed by atoms with E-state index in [9.17, 15) is 87.1 Å². The molecule has 0 aliphatic rings. The molecule has 0 aliphatic carbocycles. The van der Waals surface area contributed by atoms with E-state index in [1.54, 1.807) is 4.72 Å². The number of anilines is 1. The summed E-state index contributed by atoms with van der Waals surface area (Å²) in [6, 6.07) is 0. The maximum absolute atomic E-state index is 12.9. The Morgan fingerprint density at radius 3 is 0.980 bits per heavy atom. The molecule has 29 heteroatoms. The number of hydrogen-bond donors (Lipinski definition) is 1. The van der Waals surface area contributed by atoms with Gasteiger partial charge in [0.25, 0.3) is 0 Å². The number of hydrogen-bond acceptors (Lipinski definition) is 4. The van der Waals surface area contributed by atoms with E-state index in [1.165, 1.54) is 0 Å². The van der Waals surface area contributed by atoms with Crippen LogP contribution in [0.2, 0.25) is 39.3 Å². The smallest absolute Gasteiger partial charge is 0.668 e. The molecule has 0 aliphatic heterocycles. The van der Waals surface area contributed by atoms with Crippen LogP contribution in [-0.2, 0) is 20.0 Å². The molecule has 0 aromatic heterocycles. The van der Waals surface area contributed by atoms with Crippen molar-refractivity contribution >= 4 is 47.9 Å². The summed E-state index contributed by atoms with van der Waals surface area (Å²) >= 11 is 0. The molecule has 2 aromatic rings. The number of nitrogens with zero attached hydrogens (tertiary/aromatic N) is 2. The van der Waals surface area contributed by atoms with Gasteiger partial charge in [-0.25, -0.2) is 52.3 Å². The zero-order valence-corrected chi connectivity index (χ0v) is 29.5. The fourth-order valence-corrected chi connectivity index (χ4v) is 11.9. The molecule has 0 heterocycles. The quantitative estimate of drug-likeness (QED) is 0.208. The van der Waals surface area contributed by atoms with Gasteiger partial charge in [-0.05, 0) is 5.69 Å². The molecule has 280 valence electrons. The minimum Gasteiger partial charge on any atom is -0.668 e. The monoisotopic (exact) mass is 819 g/mol. The van der Waals surface area contributed by atoms with Gasteiger partial charge >= 0.3 is 58.8 Å². The fourth-order valence-electron chi connectivity index (χ4n) is 2.74. The van der Waals surface area contributed by atoms with Crippen LogP contribution in [0.1, 0.15) is 7.43 Å². The van der Waals surface area contributed by atoms with Crippen LogP contribution in [0.5, 0.6) is 0 Å². The van der Waals surface area contributed by atoms with E-state index in [0.29, 0.717) is 0 Å². The van der Waals surface area contributed by atoms with E-state index in [-0.39, 0.29) is 49.9 Å². The van der Waals surface area contributed by atoms with Gasteiger partial charge in [0.15, 0.2) is 62.4 Å². The van der Waals surface area contributed by atoms with Gasteiger partial charge in [-0.15, -0.1) is 0 Å². The van der Waals surface area contributed by atoms with Crippen LogP contribution in [0.25, 0.3) is 9.37 Å². The Balaban J connectivity index is -0.000000327. The first-order valence-corrected chi connectivity index (χ1v) is 21.2. The second kappa shape index (κ2) is 18.9. The Morgan fingerprint density at radius 2 is 0.760 bits per heavy atom. The molecular weight excluding hydrogens is 796 g/mol. The molecule has 0 amide bonds. The number of alkyl halides is 6. The largest absolute Gasteiger partial charge is 1.00 e. The number of halogens is 16. The Labute approximate surface area is 301 Å². The summed E-state index contributed by atoms with van der Waals surface area (Å²) in [7, 11) is -15.0. The van der Waals surface area contributed by atoms with Crippen LogP contribution in [0.15, 0.2) is 0 Å². The summed E-state index contributed by atoms with van der Waals surface area (Å²) in [4.78, 5) is 0. The topological polar surface area (TPSA) is 109 Å². The number of sulfonamides is 2. The second-order valence-electron chi connectivity index (χ2n) is 10.4. The summed E-state index contributed by atoms with van der Waals surface area (Å²) in [5, 5.41) is 0. The molecule has 0 atom stereocenters. The summed E-state index contributed by atoms with van der Waals surface area (Å²) < 4.78 is 247. The average molecular weight is 820 g/mol. The van der Waals surface area contributed by atoms with Crippen molar-refractivity contribution in [3.05, 3.63) is 67.5 Å². The molecule has 2 aromatic carbocycles. The molecule has 0 unspecified atom stereocenters. The molecule has 1 N–H and O–H groups in total. The van der Waals surface area contributed by atoms with Gasteiger partial charge in [-0.2, -0.15) is 34.8 Å². The van der Waals surface area contributed by atoms with Crippen LogP contribution >= 0.6 is 0 Å². The van der Waals surface area contributed by atoms with Crippen molar-refractivity contribution in [1.29, 1.82) is 0 Å². The van der Waals surface area contributed by atoms with Gasteiger partial charge in [-0.3, -0.25) is 4.72 Å². The SMILES string of the molecule is C.C[Si](C)(C)[N-][Si](C)(C)C.O=S(=O)(Nc1c(F)c(F)c(F)c(F)c1F)C(F)(F)F.O=S(=O)([N-]c1c(F)c(F)c(F)c(F)c1F)C(F)(F)F.[Li+].[Li+]. The van der Waals surface area contributed by atoms with Crippen LogP contribution < -0.4 is 42.4 Å². The first kappa shape index (κ1) is 55.2. The Hall–Kier alpha value is -1.59. The van der Waals surface area contributed by atoms with Gasteiger partial charge in [0.2, 0.25) is 5.82 Å². The zero-order chi connectivity index (χ0) is 38.0. The summed E-state index contributed by atoms with van der Waals surface area (Å²) in [6.07, 6.45) is 0. The molecule has 0 saturated carbocycles. The van der Waals surface area contributed by atoms with E-state index in [2.05, 4.69) is 39.3 Å². The predicted octanol–water partition coefficient (Wildman–Crippen LogP) is 3.55. The number of benzene rings is 2. The number of nitrogens with one attached hydrogen (secondary N) is 1. The standard InChI is InChI=1S/C7HF8NO2S.C7F8NO2S.C6H18NSi2.CH4.2Li/c2*8-1-2(9)4(11)6(5(12)3(1)10)16-19(17,18)7(13,14)15;1-8(2,3)7-9(4,5)6;;;/h16H;;1-6H3;1H4;;/q;2*-1;;2*+1. The molecule has 0 fully saturated rings. The van der Waals surface area contributed by atoms with Crippen LogP contribution in [0.3, 0.4) is 0 Å². The molecule has 0 spiro atoms. The van der Waals surface area contributed by atoms with Crippen LogP contribution in [0.4, 0.5) is 81.6 Å². The van der Waals surface area contributed by atoms with Gasteiger partial charge in [0.05, 0.1) is 0 Å². The molecule has 0 bridgehead atoms.